The van der Waals surface area contributed by atoms with E-state index in [0.717, 1.165) is 87.6 Å². The number of aliphatic hydroxyl groups is 1. The normalized spacial score (nSPS) is 22.6. The first kappa shape index (κ1) is 32.5. The topological polar surface area (TPSA) is 123 Å². The van der Waals surface area contributed by atoms with Crippen molar-refractivity contribution in [2.75, 3.05) is 68.5 Å². The highest BCUT2D eigenvalue weighted by Crippen LogP contribution is 2.43. The third kappa shape index (κ3) is 6.19. The highest BCUT2D eigenvalue weighted by molar-refractivity contribution is 7.90. The second-order valence-corrected chi connectivity index (χ2v) is 15.3. The Kier molecular flexibility index (Phi) is 8.36. The number of nitrogens with zero attached hydrogens (tertiary/aromatic N) is 4. The van der Waals surface area contributed by atoms with E-state index in [1.165, 1.54) is 10.5 Å². The third-order valence-corrected chi connectivity index (χ3v) is 11.6. The standard InChI is InChI=1S/C35H38F3N7O3S/c36-24-7-12-45(16-24)49(48)42-29-6-5-28(37)30(31(29)38)32(46)27-15-41-33-26(27)13-23(14-40-33)22-1-3-25(4-2-22)44-19-34(20-44)17-43(18-34)21-35(47)8-10-39-11-9-35/h1-6,13-15,24,39,42,47H,7-12,16-21H2,(H,40,41). The molecule has 1 spiro atoms. The monoisotopic (exact) mass is 693 g/mol. The molecule has 0 radical (unpaired) electrons. The third-order valence-electron chi connectivity index (χ3n) is 10.4. The van der Waals surface area contributed by atoms with E-state index in [0.29, 0.717) is 11.0 Å². The van der Waals surface area contributed by atoms with Crippen LogP contribution in [0.3, 0.4) is 0 Å². The molecule has 4 aliphatic heterocycles. The number of halogens is 3. The van der Waals surface area contributed by atoms with E-state index in [4.69, 9.17) is 0 Å². The Morgan fingerprint density at radius 3 is 2.55 bits per heavy atom. The van der Waals surface area contributed by atoms with Gasteiger partial charge in [-0.2, -0.15) is 4.72 Å². The molecule has 0 bridgehead atoms. The predicted molar refractivity (Wildman–Crippen MR) is 182 cm³/mol. The van der Waals surface area contributed by atoms with Crippen LogP contribution in [0.25, 0.3) is 22.2 Å². The summed E-state index contributed by atoms with van der Waals surface area (Å²) in [5.74, 6) is -3.12. The molecule has 2 unspecified atom stereocenters. The van der Waals surface area contributed by atoms with Crippen molar-refractivity contribution in [2.24, 2.45) is 5.41 Å². The summed E-state index contributed by atoms with van der Waals surface area (Å²) in [4.78, 5) is 25.7. The summed E-state index contributed by atoms with van der Waals surface area (Å²) in [5, 5.41) is 14.6. The van der Waals surface area contributed by atoms with E-state index in [9.17, 15) is 23.2 Å². The SMILES string of the molecule is O=C(c1c(F)ccc(N[S+]([O-])N2CCC(F)C2)c1F)c1c[nH]c2ncc(-c3ccc(N4CC5(CN(CC6(O)CCNCC6)C5)C4)cc3)cc12. The zero-order valence-electron chi connectivity index (χ0n) is 26.9. The van der Waals surface area contributed by atoms with Gasteiger partial charge in [0, 0.05) is 79.3 Å². The minimum Gasteiger partial charge on any atom is -0.573 e. The molecule has 10 nitrogen and oxygen atoms in total. The molecule has 0 saturated carbocycles. The maximum absolute atomic E-state index is 15.6. The number of alkyl halides is 1. The first-order valence-electron chi connectivity index (χ1n) is 16.7. The Morgan fingerprint density at radius 2 is 1.84 bits per heavy atom. The predicted octanol–water partition coefficient (Wildman–Crippen LogP) is 4.01. The van der Waals surface area contributed by atoms with Crippen LogP contribution in [0.1, 0.15) is 35.2 Å². The molecule has 8 rings (SSSR count). The molecule has 2 aromatic carbocycles. The van der Waals surface area contributed by atoms with Crippen molar-refractivity contribution in [1.29, 1.82) is 0 Å². The number of aromatic nitrogens is 2. The molecule has 258 valence electrons. The first-order chi connectivity index (χ1) is 23.6. The highest BCUT2D eigenvalue weighted by Gasteiger charge is 2.53. The van der Waals surface area contributed by atoms with E-state index >= 15 is 4.39 Å². The van der Waals surface area contributed by atoms with Gasteiger partial charge in [0.25, 0.3) is 0 Å². The van der Waals surface area contributed by atoms with E-state index < -0.39 is 46.3 Å². The summed E-state index contributed by atoms with van der Waals surface area (Å²) < 4.78 is 60.6. The summed E-state index contributed by atoms with van der Waals surface area (Å²) >= 11 is -1.96. The van der Waals surface area contributed by atoms with Gasteiger partial charge in [0.2, 0.25) is 5.78 Å². The fourth-order valence-electron chi connectivity index (χ4n) is 7.81. The molecule has 4 saturated heterocycles. The smallest absolute Gasteiger partial charge is 0.201 e. The lowest BCUT2D eigenvalue weighted by Gasteiger charge is -2.62. The fraction of sp³-hybridized carbons (Fsp3) is 0.429. The summed E-state index contributed by atoms with van der Waals surface area (Å²) in [6.45, 7) is 6.61. The van der Waals surface area contributed by atoms with E-state index in [1.807, 2.05) is 12.1 Å². The van der Waals surface area contributed by atoms with Crippen LogP contribution in [0.5, 0.6) is 0 Å². The Labute approximate surface area is 285 Å². The van der Waals surface area contributed by atoms with Crippen molar-refractivity contribution in [2.45, 2.75) is 31.0 Å². The van der Waals surface area contributed by atoms with Crippen molar-refractivity contribution in [3.05, 3.63) is 77.6 Å². The molecular formula is C35H38F3N7O3S. The van der Waals surface area contributed by atoms with E-state index in [2.05, 4.69) is 41.9 Å². The summed E-state index contributed by atoms with van der Waals surface area (Å²) in [6.07, 6.45) is 3.75. The van der Waals surface area contributed by atoms with Crippen LogP contribution in [0.15, 0.2) is 54.9 Å². The lowest BCUT2D eigenvalue weighted by Crippen LogP contribution is -2.73. The van der Waals surface area contributed by atoms with Gasteiger partial charge in [0.1, 0.15) is 23.3 Å². The molecular weight excluding hydrogens is 655 g/mol. The number of nitrogens with one attached hydrogen (secondary N) is 3. The van der Waals surface area contributed by atoms with Gasteiger partial charge >= 0.3 is 0 Å². The summed E-state index contributed by atoms with van der Waals surface area (Å²) in [5.41, 5.74) is 1.77. The van der Waals surface area contributed by atoms with Crippen LogP contribution >= 0.6 is 0 Å². The lowest BCUT2D eigenvalue weighted by molar-refractivity contribution is -0.0883. The fourth-order valence-corrected chi connectivity index (χ4v) is 8.85. The van der Waals surface area contributed by atoms with Crippen LogP contribution < -0.4 is 14.9 Å². The van der Waals surface area contributed by atoms with Crippen molar-refractivity contribution >= 4 is 39.7 Å². The molecule has 14 heteroatoms. The number of likely N-dealkylation sites (tertiary alicyclic amines) is 1. The van der Waals surface area contributed by atoms with Gasteiger partial charge in [0.15, 0.2) is 17.4 Å². The molecule has 0 aliphatic carbocycles. The second kappa shape index (κ2) is 12.6. The number of benzene rings is 2. The number of carbonyl (C=O) groups excluding carboxylic acids is 1. The van der Waals surface area contributed by atoms with Gasteiger partial charge in [0.05, 0.1) is 17.7 Å². The molecule has 6 heterocycles. The van der Waals surface area contributed by atoms with Gasteiger partial charge in [-0.25, -0.2) is 18.2 Å². The number of β-amino-alcohol motifs (C(OH)–C–C–N with tert-alkyl or cyclic N) is 1. The molecule has 0 amide bonds. The highest BCUT2D eigenvalue weighted by atomic mass is 32.2. The average Bonchev–Trinajstić information content (AvgIpc) is 3.69. The number of anilines is 2. The van der Waals surface area contributed by atoms with Gasteiger partial charge in [-0.1, -0.05) is 12.1 Å². The molecule has 49 heavy (non-hydrogen) atoms. The summed E-state index contributed by atoms with van der Waals surface area (Å²) in [7, 11) is 0. The van der Waals surface area contributed by atoms with Gasteiger partial charge < -0.3 is 24.9 Å². The number of ketones is 1. The molecule has 4 aliphatic rings. The Morgan fingerprint density at radius 1 is 1.08 bits per heavy atom. The molecule has 4 N–H and O–H groups in total. The molecule has 2 atom stereocenters. The van der Waals surface area contributed by atoms with Crippen LogP contribution in [0, 0.1) is 17.0 Å². The van der Waals surface area contributed by atoms with E-state index in [1.54, 1.807) is 12.3 Å². The van der Waals surface area contributed by atoms with Crippen LogP contribution in [-0.2, 0) is 11.5 Å². The first-order valence-corrected chi connectivity index (χ1v) is 17.8. The average molecular weight is 694 g/mol. The van der Waals surface area contributed by atoms with Crippen molar-refractivity contribution in [1.82, 2.24) is 24.5 Å². The number of pyridine rings is 1. The number of rotatable bonds is 9. The number of fused-ring (bicyclic) bond motifs is 1. The Balaban J connectivity index is 0.944. The quantitative estimate of drug-likeness (QED) is 0.152. The number of carbonyl (C=O) groups is 1. The number of hydrogen-bond donors (Lipinski definition) is 4. The maximum atomic E-state index is 15.6. The maximum Gasteiger partial charge on any atom is 0.201 e. The summed E-state index contributed by atoms with van der Waals surface area (Å²) in [6, 6.07) is 11.9. The van der Waals surface area contributed by atoms with Gasteiger partial charge in [-0.3, -0.25) is 9.69 Å². The zero-order valence-corrected chi connectivity index (χ0v) is 27.7. The van der Waals surface area contributed by atoms with Crippen LogP contribution in [0.2, 0.25) is 0 Å². The van der Waals surface area contributed by atoms with Gasteiger partial charge in [-0.15, -0.1) is 4.31 Å². The number of H-pyrrole nitrogens is 1. The van der Waals surface area contributed by atoms with Crippen molar-refractivity contribution in [3.63, 3.8) is 0 Å². The second-order valence-electron chi connectivity index (χ2n) is 14.1. The molecule has 4 aromatic rings. The minimum absolute atomic E-state index is 0.0459. The van der Waals surface area contributed by atoms with Crippen LogP contribution in [0.4, 0.5) is 24.5 Å². The minimum atomic E-state index is -1.96. The number of hydrogen-bond acceptors (Lipinski definition) is 9. The Hall–Kier alpha value is -3.66. The lowest BCUT2D eigenvalue weighted by atomic mass is 9.71. The van der Waals surface area contributed by atoms with Crippen molar-refractivity contribution in [3.8, 4) is 11.1 Å². The number of aromatic amines is 1. The number of piperidine rings is 1. The van der Waals surface area contributed by atoms with Crippen LogP contribution in [-0.4, -0.2) is 105 Å². The molecule has 4 fully saturated rings. The Bertz CT molecular complexity index is 1870. The van der Waals surface area contributed by atoms with Gasteiger partial charge in [-0.05, 0) is 68.2 Å². The molecule has 2 aromatic heterocycles. The van der Waals surface area contributed by atoms with E-state index in [-0.39, 0.29) is 36.2 Å². The zero-order chi connectivity index (χ0) is 33.9. The van der Waals surface area contributed by atoms with Crippen molar-refractivity contribution < 1.29 is 27.6 Å². The largest absolute Gasteiger partial charge is 0.573 e.